The van der Waals surface area contributed by atoms with Gasteiger partial charge in [0, 0.05) is 42.2 Å². The Labute approximate surface area is 177 Å². The Morgan fingerprint density at radius 1 is 1.29 bits per heavy atom. The lowest BCUT2D eigenvalue weighted by molar-refractivity contribution is -0.115. The zero-order chi connectivity index (χ0) is 21.4. The minimum Gasteiger partial charge on any atom is -0.508 e. The molecule has 7 nitrogen and oxygen atoms in total. The Hall–Kier alpha value is -3.90. The second-order valence-electron chi connectivity index (χ2n) is 7.70. The third-order valence-corrected chi connectivity index (χ3v) is 5.59. The summed E-state index contributed by atoms with van der Waals surface area (Å²) in [5.74, 6) is 0.437. The molecule has 1 fully saturated rings. The molecule has 1 amide bonds. The van der Waals surface area contributed by atoms with E-state index in [0.29, 0.717) is 36.2 Å². The van der Waals surface area contributed by atoms with Crippen LogP contribution in [0.1, 0.15) is 12.0 Å². The Morgan fingerprint density at radius 3 is 2.97 bits per heavy atom. The first-order chi connectivity index (χ1) is 15.1. The average Bonchev–Trinajstić information content (AvgIpc) is 3.49. The number of phenols is 1. The van der Waals surface area contributed by atoms with Gasteiger partial charge in [-0.05, 0) is 30.7 Å². The summed E-state index contributed by atoms with van der Waals surface area (Å²) in [6.07, 6.45) is 5.76. The first kappa shape index (κ1) is 19.1. The van der Waals surface area contributed by atoms with Crippen molar-refractivity contribution in [2.45, 2.75) is 19.0 Å². The normalized spacial score (nSPS) is 17.5. The highest BCUT2D eigenvalue weighted by Crippen LogP contribution is 2.32. The highest BCUT2D eigenvalue weighted by molar-refractivity contribution is 6.44. The molecular formula is C23H21FN5O2+. The largest absolute Gasteiger partial charge is 0.508 e. The highest BCUT2D eigenvalue weighted by atomic mass is 19.1. The zero-order valence-corrected chi connectivity index (χ0v) is 16.7. The number of anilines is 1. The molecule has 2 aliphatic heterocycles. The van der Waals surface area contributed by atoms with E-state index in [9.17, 15) is 14.3 Å². The van der Waals surface area contributed by atoms with Crippen LogP contribution in [0.25, 0.3) is 10.9 Å². The number of rotatable bonds is 5. The number of amides is 1. The van der Waals surface area contributed by atoms with Crippen LogP contribution in [-0.4, -0.2) is 51.9 Å². The standard InChI is InChI=1S/C23H20FN5O2/c24-16-7-8-19-18(12-16)23(29(27-19)13-15-4-1-2-6-21(15)30)28-11-9-17(14-28)26-22(31)20-5-3-10-25-20/h1-8,10,12,17H,9,11,13-14H2,(H-,26,30,31)/p+1. The van der Waals surface area contributed by atoms with Crippen LogP contribution < -0.4 is 14.9 Å². The zero-order valence-electron chi connectivity index (χ0n) is 16.7. The fourth-order valence-corrected chi connectivity index (χ4v) is 4.11. The van der Waals surface area contributed by atoms with Gasteiger partial charge in [-0.2, -0.15) is 5.10 Å². The molecule has 1 unspecified atom stereocenters. The van der Waals surface area contributed by atoms with E-state index in [2.05, 4.69) is 20.0 Å². The number of nitrogens with one attached hydrogen (secondary N) is 1. The number of phenolic OH excluding ortho intramolecular Hbond substituents is 1. The second kappa shape index (κ2) is 7.74. The Morgan fingerprint density at radius 2 is 2.16 bits per heavy atom. The van der Waals surface area contributed by atoms with E-state index in [1.807, 2.05) is 12.1 Å². The molecule has 0 bridgehead atoms. The van der Waals surface area contributed by atoms with Crippen molar-refractivity contribution in [1.82, 2.24) is 19.8 Å². The summed E-state index contributed by atoms with van der Waals surface area (Å²) >= 11 is 0. The van der Waals surface area contributed by atoms with Gasteiger partial charge in [0.05, 0.1) is 12.1 Å². The minimum absolute atomic E-state index is 0.0544. The van der Waals surface area contributed by atoms with Gasteiger partial charge >= 0.3 is 11.6 Å². The van der Waals surface area contributed by atoms with Crippen LogP contribution >= 0.6 is 0 Å². The van der Waals surface area contributed by atoms with Crippen LogP contribution in [0.15, 0.2) is 54.6 Å². The monoisotopic (exact) mass is 418 g/mol. The maximum Gasteiger partial charge on any atom is 0.391 e. The number of aromatic hydroxyl groups is 1. The summed E-state index contributed by atoms with van der Waals surface area (Å²) in [6, 6.07) is 11.6. The molecule has 1 aromatic heterocycles. The Bertz CT molecular complexity index is 1270. The number of benzene rings is 2. The van der Waals surface area contributed by atoms with Gasteiger partial charge in [0.2, 0.25) is 0 Å². The van der Waals surface area contributed by atoms with Crippen molar-refractivity contribution < 1.29 is 14.3 Å². The van der Waals surface area contributed by atoms with Crippen molar-refractivity contribution in [2.24, 2.45) is 0 Å². The van der Waals surface area contributed by atoms with Gasteiger partial charge in [-0.3, -0.25) is 4.79 Å². The van der Waals surface area contributed by atoms with Crippen molar-refractivity contribution in [3.63, 3.8) is 0 Å². The summed E-state index contributed by atoms with van der Waals surface area (Å²) in [5, 5.41) is 18.6. The smallest absolute Gasteiger partial charge is 0.391 e. The van der Waals surface area contributed by atoms with Gasteiger partial charge in [0.25, 0.3) is 6.21 Å². The summed E-state index contributed by atoms with van der Waals surface area (Å²) in [4.78, 5) is 14.5. The van der Waals surface area contributed by atoms with Crippen molar-refractivity contribution in [3.05, 3.63) is 66.0 Å². The maximum absolute atomic E-state index is 14.1. The number of allylic oxidation sites excluding steroid dienone is 1. The van der Waals surface area contributed by atoms with E-state index in [-0.39, 0.29) is 23.5 Å². The van der Waals surface area contributed by atoms with E-state index in [1.54, 1.807) is 41.2 Å². The number of nitrogens with zero attached hydrogens (tertiary/aromatic N) is 4. The predicted octanol–water partition coefficient (Wildman–Crippen LogP) is 1.77. The quantitative estimate of drug-likeness (QED) is 0.619. The topological polar surface area (TPSA) is 84.5 Å². The van der Waals surface area contributed by atoms with Crippen LogP contribution in [0.3, 0.4) is 0 Å². The number of hydrogen-bond donors (Lipinski definition) is 2. The molecule has 0 radical (unpaired) electrons. The molecule has 156 valence electrons. The number of para-hydroxylation sites is 1. The minimum atomic E-state index is -0.331. The van der Waals surface area contributed by atoms with Crippen molar-refractivity contribution in [3.8, 4) is 5.75 Å². The summed E-state index contributed by atoms with van der Waals surface area (Å²) in [6.45, 7) is 1.62. The van der Waals surface area contributed by atoms with Crippen molar-refractivity contribution >= 4 is 34.6 Å². The van der Waals surface area contributed by atoms with E-state index >= 15 is 0 Å². The summed E-state index contributed by atoms with van der Waals surface area (Å²) in [5.41, 5.74) is 1.80. The Kier molecular flexibility index (Phi) is 4.76. The second-order valence-corrected chi connectivity index (χ2v) is 7.70. The summed E-state index contributed by atoms with van der Waals surface area (Å²) in [7, 11) is 0. The lowest BCUT2D eigenvalue weighted by Gasteiger charge is -2.21. The number of aromatic nitrogens is 2. The molecule has 1 saturated heterocycles. The van der Waals surface area contributed by atoms with Gasteiger partial charge in [0.15, 0.2) is 0 Å². The number of carbonyl (C=O) groups is 1. The first-order valence-corrected chi connectivity index (χ1v) is 10.1. The fraction of sp³-hybridized carbons (Fsp3) is 0.217. The average molecular weight is 418 g/mol. The molecule has 31 heavy (non-hydrogen) atoms. The SMILES string of the molecule is O=C(NC1CCN(c2c3cc(F)ccc3nn2Cc2ccccc2O)C1)C1=[N+]=CC=C1. The number of halogens is 1. The maximum atomic E-state index is 14.1. The van der Waals surface area contributed by atoms with Crippen molar-refractivity contribution in [2.75, 3.05) is 18.0 Å². The van der Waals surface area contributed by atoms with Crippen molar-refractivity contribution in [1.29, 1.82) is 0 Å². The van der Waals surface area contributed by atoms with Gasteiger partial charge in [-0.25, -0.2) is 9.07 Å². The molecule has 1 atom stereocenters. The van der Waals surface area contributed by atoms with E-state index < -0.39 is 0 Å². The number of hydrogen-bond acceptors (Lipinski definition) is 4. The lowest BCUT2D eigenvalue weighted by atomic mass is 10.2. The highest BCUT2D eigenvalue weighted by Gasteiger charge is 2.31. The molecule has 2 aromatic carbocycles. The number of carbonyl (C=O) groups excluding carboxylic acids is 1. The number of fused-ring (bicyclic) bond motifs is 1. The molecule has 2 N–H and O–H groups in total. The third-order valence-electron chi connectivity index (χ3n) is 5.59. The molecule has 0 aliphatic carbocycles. The van der Waals surface area contributed by atoms with Crippen LogP contribution in [-0.2, 0) is 11.3 Å². The molecular weight excluding hydrogens is 397 g/mol. The molecule has 3 aromatic rings. The van der Waals surface area contributed by atoms with Crippen LogP contribution in [0.2, 0.25) is 0 Å². The van der Waals surface area contributed by atoms with Gasteiger partial charge in [0.1, 0.15) is 17.4 Å². The van der Waals surface area contributed by atoms with Gasteiger partial charge in [-0.1, -0.05) is 22.9 Å². The Balaban J connectivity index is 1.45. The van der Waals surface area contributed by atoms with Crippen LogP contribution in [0, 0.1) is 5.82 Å². The molecule has 2 aliphatic rings. The van der Waals surface area contributed by atoms with E-state index in [1.165, 1.54) is 12.1 Å². The fourth-order valence-electron chi connectivity index (χ4n) is 4.11. The molecule has 0 saturated carbocycles. The van der Waals surface area contributed by atoms with Crippen LogP contribution in [0.5, 0.6) is 5.75 Å². The summed E-state index contributed by atoms with van der Waals surface area (Å²) < 4.78 is 19.9. The molecule has 0 spiro atoms. The predicted molar refractivity (Wildman–Crippen MR) is 118 cm³/mol. The van der Waals surface area contributed by atoms with Crippen LogP contribution in [0.4, 0.5) is 10.2 Å². The molecule has 5 rings (SSSR count). The van der Waals surface area contributed by atoms with Gasteiger partial charge < -0.3 is 15.3 Å². The molecule has 3 heterocycles. The van der Waals surface area contributed by atoms with E-state index in [4.69, 9.17) is 0 Å². The third kappa shape index (κ3) is 3.69. The van der Waals surface area contributed by atoms with E-state index in [0.717, 1.165) is 17.8 Å². The molecule has 8 heteroatoms. The lowest BCUT2D eigenvalue weighted by Crippen LogP contribution is -2.41. The van der Waals surface area contributed by atoms with Gasteiger partial charge in [-0.15, -0.1) is 0 Å². The first-order valence-electron chi connectivity index (χ1n) is 10.1.